The molecule has 1 aromatic rings. The van der Waals surface area contributed by atoms with Gasteiger partial charge in [0.05, 0.1) is 0 Å². The predicted molar refractivity (Wildman–Crippen MR) is 33.3 cm³/mol. The largest absolute Gasteiger partial charge is 0.381 e. The van der Waals surface area contributed by atoms with Crippen LogP contribution in [0.2, 0.25) is 0 Å². The molecule has 0 saturated carbocycles. The highest BCUT2D eigenvalue weighted by Gasteiger charge is 2.14. The van der Waals surface area contributed by atoms with Gasteiger partial charge in [-0.25, -0.2) is 4.39 Å². The minimum atomic E-state index is -1.30. The van der Waals surface area contributed by atoms with Crippen molar-refractivity contribution in [1.29, 1.82) is 0 Å². The predicted octanol–water partition coefficient (Wildman–Crippen LogP) is 1.39. The summed E-state index contributed by atoms with van der Waals surface area (Å²) in [5, 5.41) is 0. The Morgan fingerprint density at radius 2 is 1.73 bits per heavy atom. The van der Waals surface area contributed by atoms with E-state index in [-0.39, 0.29) is 0 Å². The van der Waals surface area contributed by atoms with E-state index in [1.165, 1.54) is 0 Å². The van der Waals surface area contributed by atoms with Crippen LogP contribution in [0.25, 0.3) is 0 Å². The first-order valence-corrected chi connectivity index (χ1v) is 2.80. The van der Waals surface area contributed by atoms with Crippen molar-refractivity contribution in [2.45, 2.75) is 6.92 Å². The molecule has 0 atom stereocenters. The fourth-order valence-corrected chi connectivity index (χ4v) is 0.606. The number of aromatic nitrogens is 1. The van der Waals surface area contributed by atoms with Crippen LogP contribution in [0.5, 0.6) is 0 Å². The Morgan fingerprint density at radius 1 is 1.18 bits per heavy atom. The van der Waals surface area contributed by atoms with Crippen molar-refractivity contribution < 1.29 is 13.2 Å². The third-order valence-corrected chi connectivity index (χ3v) is 1.27. The zero-order chi connectivity index (χ0) is 8.59. The topological polar surface area (TPSA) is 38.9 Å². The summed E-state index contributed by atoms with van der Waals surface area (Å²) in [6, 6.07) is 0. The summed E-state index contributed by atoms with van der Waals surface area (Å²) in [5.74, 6) is -4.43. The lowest BCUT2D eigenvalue weighted by Gasteiger charge is -2.00. The van der Waals surface area contributed by atoms with Gasteiger partial charge in [0.15, 0.2) is 11.6 Å². The standard InChI is InChI=1S/C6H5F3N2/c1-2-3(7)4(8)6(10)11-5(2)9/h1H3,(H2,10,11). The maximum Gasteiger partial charge on any atom is 0.220 e. The van der Waals surface area contributed by atoms with Gasteiger partial charge in [-0.05, 0) is 6.92 Å². The van der Waals surface area contributed by atoms with E-state index in [4.69, 9.17) is 5.73 Å². The van der Waals surface area contributed by atoms with Gasteiger partial charge in [-0.1, -0.05) is 0 Å². The summed E-state index contributed by atoms with van der Waals surface area (Å²) >= 11 is 0. The van der Waals surface area contributed by atoms with Gasteiger partial charge in [-0.15, -0.1) is 0 Å². The Bertz CT molecular complexity index is 272. The average molecular weight is 162 g/mol. The number of nitrogens with two attached hydrogens (primary N) is 1. The second-order valence-corrected chi connectivity index (χ2v) is 2.04. The number of hydrogen-bond donors (Lipinski definition) is 1. The summed E-state index contributed by atoms with van der Waals surface area (Å²) < 4.78 is 37.4. The van der Waals surface area contributed by atoms with E-state index in [0.29, 0.717) is 0 Å². The van der Waals surface area contributed by atoms with Crippen molar-refractivity contribution in [3.8, 4) is 0 Å². The van der Waals surface area contributed by atoms with Crippen molar-refractivity contribution in [2.24, 2.45) is 0 Å². The molecule has 1 rings (SSSR count). The third kappa shape index (κ3) is 1.13. The normalized spacial score (nSPS) is 10.2. The second-order valence-electron chi connectivity index (χ2n) is 2.04. The summed E-state index contributed by atoms with van der Waals surface area (Å²) in [6.45, 7) is 1.08. The van der Waals surface area contributed by atoms with E-state index in [0.717, 1.165) is 6.92 Å². The molecule has 2 N–H and O–H groups in total. The Hall–Kier alpha value is -1.26. The summed E-state index contributed by atoms with van der Waals surface area (Å²) in [6.07, 6.45) is 0. The van der Waals surface area contributed by atoms with E-state index in [1.54, 1.807) is 0 Å². The molecule has 0 saturated heterocycles. The Kier molecular flexibility index (Phi) is 1.72. The number of nitrogen functional groups attached to an aromatic ring is 1. The first kappa shape index (κ1) is 7.84. The first-order valence-electron chi connectivity index (χ1n) is 2.80. The van der Waals surface area contributed by atoms with Gasteiger partial charge in [-0.2, -0.15) is 13.8 Å². The highest BCUT2D eigenvalue weighted by atomic mass is 19.2. The molecule has 0 aliphatic rings. The lowest BCUT2D eigenvalue weighted by atomic mass is 10.3. The molecular weight excluding hydrogens is 157 g/mol. The highest BCUT2D eigenvalue weighted by molar-refractivity contribution is 5.33. The van der Waals surface area contributed by atoms with Gasteiger partial charge in [0.25, 0.3) is 0 Å². The zero-order valence-corrected chi connectivity index (χ0v) is 5.66. The second kappa shape index (κ2) is 2.41. The summed E-state index contributed by atoms with van der Waals surface area (Å²) in [7, 11) is 0. The van der Waals surface area contributed by atoms with E-state index < -0.39 is 29.0 Å². The molecule has 0 aliphatic carbocycles. The van der Waals surface area contributed by atoms with Crippen LogP contribution in [0, 0.1) is 24.5 Å². The Labute approximate surface area is 60.9 Å². The third-order valence-electron chi connectivity index (χ3n) is 1.27. The first-order chi connectivity index (χ1) is 5.04. The molecule has 0 aromatic carbocycles. The number of rotatable bonds is 0. The van der Waals surface area contributed by atoms with Crippen molar-refractivity contribution in [2.75, 3.05) is 5.73 Å². The molecule has 1 heterocycles. The Balaban J connectivity index is 3.46. The monoisotopic (exact) mass is 162 g/mol. The minimum absolute atomic E-state index is 0.461. The summed E-state index contributed by atoms with van der Waals surface area (Å²) in [5.41, 5.74) is 4.36. The van der Waals surface area contributed by atoms with E-state index >= 15 is 0 Å². The van der Waals surface area contributed by atoms with Crippen molar-refractivity contribution in [3.05, 3.63) is 23.1 Å². The van der Waals surface area contributed by atoms with E-state index in [2.05, 4.69) is 4.98 Å². The van der Waals surface area contributed by atoms with Crippen LogP contribution in [0.3, 0.4) is 0 Å². The number of nitrogens with zero attached hydrogens (tertiary/aromatic N) is 1. The Morgan fingerprint density at radius 3 is 2.27 bits per heavy atom. The van der Waals surface area contributed by atoms with Crippen molar-refractivity contribution >= 4 is 5.82 Å². The smallest absolute Gasteiger partial charge is 0.220 e. The molecule has 0 aliphatic heterocycles. The van der Waals surface area contributed by atoms with E-state index in [1.807, 2.05) is 0 Å². The van der Waals surface area contributed by atoms with Crippen LogP contribution in [0.4, 0.5) is 19.0 Å². The molecule has 0 bridgehead atoms. The molecule has 60 valence electrons. The molecule has 1 aromatic heterocycles. The molecule has 0 amide bonds. The number of anilines is 1. The van der Waals surface area contributed by atoms with Gasteiger partial charge >= 0.3 is 0 Å². The van der Waals surface area contributed by atoms with Crippen LogP contribution in [0.15, 0.2) is 0 Å². The number of halogens is 3. The molecule has 0 unspecified atom stereocenters. The minimum Gasteiger partial charge on any atom is -0.381 e. The van der Waals surface area contributed by atoms with Crippen LogP contribution < -0.4 is 5.73 Å². The zero-order valence-electron chi connectivity index (χ0n) is 5.66. The molecule has 0 radical (unpaired) electrons. The van der Waals surface area contributed by atoms with Crippen LogP contribution in [-0.2, 0) is 0 Å². The average Bonchev–Trinajstić information content (AvgIpc) is 1.97. The highest BCUT2D eigenvalue weighted by Crippen LogP contribution is 2.16. The van der Waals surface area contributed by atoms with Gasteiger partial charge in [0.2, 0.25) is 11.8 Å². The van der Waals surface area contributed by atoms with Crippen molar-refractivity contribution in [3.63, 3.8) is 0 Å². The molecule has 0 fully saturated rings. The number of pyridine rings is 1. The van der Waals surface area contributed by atoms with Gasteiger partial charge in [-0.3, -0.25) is 0 Å². The van der Waals surface area contributed by atoms with Gasteiger partial charge in [0, 0.05) is 5.56 Å². The van der Waals surface area contributed by atoms with Gasteiger partial charge < -0.3 is 5.73 Å². The maximum atomic E-state index is 12.5. The molecule has 2 nitrogen and oxygen atoms in total. The van der Waals surface area contributed by atoms with Gasteiger partial charge in [0.1, 0.15) is 0 Å². The molecule has 0 spiro atoms. The van der Waals surface area contributed by atoms with Crippen LogP contribution in [0.1, 0.15) is 5.56 Å². The quantitative estimate of drug-likeness (QED) is 0.585. The van der Waals surface area contributed by atoms with Crippen molar-refractivity contribution in [1.82, 2.24) is 4.98 Å². The lowest BCUT2D eigenvalue weighted by Crippen LogP contribution is -2.04. The van der Waals surface area contributed by atoms with E-state index in [9.17, 15) is 13.2 Å². The SMILES string of the molecule is Cc1c(F)nc(N)c(F)c1F. The number of hydrogen-bond acceptors (Lipinski definition) is 2. The fourth-order valence-electron chi connectivity index (χ4n) is 0.606. The van der Waals surface area contributed by atoms with Crippen LogP contribution in [-0.4, -0.2) is 4.98 Å². The molecule has 11 heavy (non-hydrogen) atoms. The molecular formula is C6H5F3N2. The maximum absolute atomic E-state index is 12.5. The van der Waals surface area contributed by atoms with Crippen LogP contribution >= 0.6 is 0 Å². The fraction of sp³-hybridized carbons (Fsp3) is 0.167. The lowest BCUT2D eigenvalue weighted by molar-refractivity contribution is 0.473. The summed E-state index contributed by atoms with van der Waals surface area (Å²) in [4.78, 5) is 2.93. The molecule has 5 heteroatoms.